The van der Waals surface area contributed by atoms with Crippen LogP contribution in [0, 0.1) is 0 Å². The monoisotopic (exact) mass is 609 g/mol. The van der Waals surface area contributed by atoms with Gasteiger partial charge < -0.3 is 20.3 Å². The molecule has 1 unspecified atom stereocenters. The Bertz CT molecular complexity index is 775. The third-order valence-corrected chi connectivity index (χ3v) is 11.8. The van der Waals surface area contributed by atoms with E-state index in [0.717, 1.165) is 69.7 Å². The molecule has 9 heteroatoms. The summed E-state index contributed by atoms with van der Waals surface area (Å²) < 4.78 is 19.8. The largest absolute Gasteiger partial charge is 0.375 e. The fraction of sp³-hybridized carbons (Fsp3) is 0.939. The lowest BCUT2D eigenvalue weighted by atomic mass is 9.93. The molecule has 1 atom stereocenters. The van der Waals surface area contributed by atoms with Crippen molar-refractivity contribution in [2.45, 2.75) is 146 Å². The SMILES string of the molecule is C1CC2CCC1O2.C1CCN2CCCCC2C1.C1CN2CCC1NC2.C=S1(=O)CCCCCCN1.O=C1CCCCN1. The van der Waals surface area contributed by atoms with Crippen molar-refractivity contribution < 1.29 is 13.7 Å². The molecule has 4 bridgehead atoms. The summed E-state index contributed by atoms with van der Waals surface area (Å²) in [6.07, 6.45) is 26.0. The van der Waals surface area contributed by atoms with E-state index >= 15 is 0 Å². The predicted octanol–water partition coefficient (Wildman–Crippen LogP) is 4.43. The number of carbonyl (C=O) groups is 1. The van der Waals surface area contributed by atoms with Crippen molar-refractivity contribution in [1.29, 1.82) is 0 Å². The van der Waals surface area contributed by atoms with Gasteiger partial charge in [-0.15, -0.1) is 0 Å². The molecule has 0 spiro atoms. The smallest absolute Gasteiger partial charge is 0.219 e. The Morgan fingerprint density at radius 1 is 0.714 bits per heavy atom. The Morgan fingerprint density at radius 2 is 1.36 bits per heavy atom. The number of nitrogens with one attached hydrogen (secondary N) is 3. The van der Waals surface area contributed by atoms with Gasteiger partial charge in [-0.1, -0.05) is 25.7 Å². The Kier molecular flexibility index (Phi) is 15.4. The van der Waals surface area contributed by atoms with Crippen molar-refractivity contribution in [2.24, 2.45) is 0 Å². The Balaban J connectivity index is 0.000000121. The van der Waals surface area contributed by atoms with E-state index in [1.165, 1.54) is 116 Å². The highest BCUT2D eigenvalue weighted by Crippen LogP contribution is 2.33. The van der Waals surface area contributed by atoms with Crippen LogP contribution in [-0.2, 0) is 19.2 Å². The predicted molar refractivity (Wildman–Crippen MR) is 176 cm³/mol. The maximum absolute atomic E-state index is 11.4. The van der Waals surface area contributed by atoms with Gasteiger partial charge >= 0.3 is 0 Å². The first kappa shape index (κ1) is 34.2. The van der Waals surface area contributed by atoms with Gasteiger partial charge in [0, 0.05) is 66.8 Å². The van der Waals surface area contributed by atoms with E-state index in [-0.39, 0.29) is 5.91 Å². The summed E-state index contributed by atoms with van der Waals surface area (Å²) >= 11 is 0. The van der Waals surface area contributed by atoms with Crippen LogP contribution in [0.5, 0.6) is 0 Å². The fourth-order valence-electron chi connectivity index (χ4n) is 7.38. The number of hydrogen-bond acceptors (Lipinski definition) is 6. The molecule has 244 valence electrons. The summed E-state index contributed by atoms with van der Waals surface area (Å²) in [7, 11) is -1.89. The van der Waals surface area contributed by atoms with E-state index < -0.39 is 9.71 Å². The molecular weight excluding hydrogens is 546 g/mol. The van der Waals surface area contributed by atoms with Gasteiger partial charge in [-0.3, -0.25) is 13.9 Å². The van der Waals surface area contributed by atoms with Crippen molar-refractivity contribution in [3.05, 3.63) is 0 Å². The van der Waals surface area contributed by atoms with Crippen molar-refractivity contribution in [3.8, 4) is 0 Å². The van der Waals surface area contributed by atoms with Gasteiger partial charge in [0.2, 0.25) is 5.91 Å². The minimum absolute atomic E-state index is 0.214. The van der Waals surface area contributed by atoms with Crippen molar-refractivity contribution in [3.63, 3.8) is 0 Å². The number of fused-ring (bicyclic) bond motifs is 6. The van der Waals surface area contributed by atoms with Gasteiger partial charge in [-0.05, 0) is 109 Å². The number of amides is 1. The third-order valence-electron chi connectivity index (χ3n) is 10.1. The second kappa shape index (κ2) is 18.9. The van der Waals surface area contributed by atoms with E-state index in [2.05, 4.69) is 31.0 Å². The normalized spacial score (nSPS) is 36.0. The summed E-state index contributed by atoms with van der Waals surface area (Å²) in [6.45, 7) is 8.36. The fourth-order valence-corrected chi connectivity index (χ4v) is 8.71. The van der Waals surface area contributed by atoms with Crippen LogP contribution in [0.15, 0.2) is 0 Å². The molecule has 9 heterocycles. The highest BCUT2D eigenvalue weighted by Gasteiger charge is 2.31. The average molecular weight is 610 g/mol. The second-order valence-corrected chi connectivity index (χ2v) is 15.9. The number of ether oxygens (including phenoxy) is 1. The van der Waals surface area contributed by atoms with Crippen LogP contribution in [0.2, 0.25) is 0 Å². The molecule has 0 radical (unpaired) electrons. The first-order valence-corrected chi connectivity index (χ1v) is 19.6. The lowest BCUT2D eigenvalue weighted by Crippen LogP contribution is -2.54. The number of carbonyl (C=O) groups excluding carboxylic acids is 1. The van der Waals surface area contributed by atoms with E-state index in [1.54, 1.807) is 0 Å². The summed E-state index contributed by atoms with van der Waals surface area (Å²) in [5.41, 5.74) is 0. The third kappa shape index (κ3) is 13.1. The zero-order valence-electron chi connectivity index (χ0n) is 26.6. The number of nitrogens with zero attached hydrogens (tertiary/aromatic N) is 2. The van der Waals surface area contributed by atoms with Crippen molar-refractivity contribution in [2.75, 3.05) is 51.7 Å². The molecule has 3 N–H and O–H groups in total. The zero-order chi connectivity index (χ0) is 29.5. The van der Waals surface area contributed by atoms with Crippen LogP contribution in [0.4, 0.5) is 0 Å². The van der Waals surface area contributed by atoms with Crippen LogP contribution in [0.3, 0.4) is 0 Å². The summed E-state index contributed by atoms with van der Waals surface area (Å²) in [5, 5.41) is 6.19. The minimum atomic E-state index is -1.89. The molecule has 42 heavy (non-hydrogen) atoms. The molecule has 0 saturated carbocycles. The number of hydrogen-bond donors (Lipinski definition) is 3. The molecule has 0 aromatic heterocycles. The van der Waals surface area contributed by atoms with E-state index in [0.29, 0.717) is 12.2 Å². The van der Waals surface area contributed by atoms with Gasteiger partial charge in [0.25, 0.3) is 0 Å². The maximum Gasteiger partial charge on any atom is 0.219 e. The zero-order valence-corrected chi connectivity index (χ0v) is 27.5. The summed E-state index contributed by atoms with van der Waals surface area (Å²) in [6, 6.07) is 1.85. The summed E-state index contributed by atoms with van der Waals surface area (Å²) in [4.78, 5) is 15.5. The molecule has 9 aliphatic heterocycles. The first-order chi connectivity index (χ1) is 20.5. The standard InChI is InChI=1S/C9H17N.C7H15NOS.C6H12N2.C6H10O.C5H9NO/c1-3-7-10-8-4-2-6-9(10)5-1;1-10(9)7-5-3-2-4-6-8-10;1-3-8-4-2-6(1)7-5-8;1-2-6-4-3-5(1)7-6;7-5-3-1-2-4-6-5/h9H,1-8H2;1-7H2,(H,8,9);6-7H,1-5H2;5-6H,1-4H2;1-4H2,(H,6,7). The first-order valence-electron chi connectivity index (χ1n) is 17.7. The molecular formula is C33H63N5O3S. The number of rotatable bonds is 0. The lowest BCUT2D eigenvalue weighted by molar-refractivity contribution is -0.122. The molecule has 1 amide bonds. The van der Waals surface area contributed by atoms with Gasteiger partial charge in [0.1, 0.15) is 0 Å². The van der Waals surface area contributed by atoms with Crippen LogP contribution >= 0.6 is 0 Å². The minimum Gasteiger partial charge on any atom is -0.375 e. The van der Waals surface area contributed by atoms with Gasteiger partial charge in [-0.2, -0.15) is 0 Å². The molecule has 8 nitrogen and oxygen atoms in total. The van der Waals surface area contributed by atoms with E-state index in [9.17, 15) is 9.00 Å². The Morgan fingerprint density at radius 3 is 1.76 bits per heavy atom. The van der Waals surface area contributed by atoms with Crippen LogP contribution in [-0.4, -0.2) is 102 Å². The molecule has 9 rings (SSSR count). The Labute approximate surface area is 258 Å². The lowest BCUT2D eigenvalue weighted by Gasteiger charge is -2.39. The molecule has 9 aliphatic rings. The highest BCUT2D eigenvalue weighted by atomic mass is 32.2. The second-order valence-electron chi connectivity index (χ2n) is 13.6. The molecule has 0 aromatic carbocycles. The van der Waals surface area contributed by atoms with Crippen LogP contribution in [0.25, 0.3) is 0 Å². The van der Waals surface area contributed by atoms with E-state index in [1.807, 2.05) is 0 Å². The maximum atomic E-state index is 11.4. The van der Waals surface area contributed by atoms with Crippen molar-refractivity contribution >= 4 is 21.5 Å². The van der Waals surface area contributed by atoms with Gasteiger partial charge in [0.15, 0.2) is 0 Å². The van der Waals surface area contributed by atoms with Crippen LogP contribution < -0.4 is 15.4 Å². The quantitative estimate of drug-likeness (QED) is 0.353. The van der Waals surface area contributed by atoms with Gasteiger partial charge in [-0.25, -0.2) is 4.72 Å². The molecule has 9 fully saturated rings. The van der Waals surface area contributed by atoms with Crippen molar-refractivity contribution in [1.82, 2.24) is 25.2 Å². The average Bonchev–Trinajstić information content (AvgIpc) is 3.69. The van der Waals surface area contributed by atoms with Gasteiger partial charge in [0.05, 0.1) is 12.2 Å². The summed E-state index contributed by atoms with van der Waals surface area (Å²) in [5.74, 6) is 4.62. The number of piperidine rings is 4. The Hall–Kier alpha value is -0.710. The molecule has 9 saturated heterocycles. The van der Waals surface area contributed by atoms with Crippen LogP contribution in [0.1, 0.15) is 122 Å². The molecule has 0 aromatic rings. The topological polar surface area (TPSA) is 85.9 Å². The van der Waals surface area contributed by atoms with E-state index in [4.69, 9.17) is 4.74 Å². The molecule has 0 aliphatic carbocycles. The highest BCUT2D eigenvalue weighted by molar-refractivity contribution is 7.98.